The van der Waals surface area contributed by atoms with Crippen molar-refractivity contribution in [3.8, 4) is 11.5 Å². The average molecular weight is 616 g/mol. The zero-order valence-corrected chi connectivity index (χ0v) is 25.1. The zero-order chi connectivity index (χ0) is 30.6. The molecule has 0 saturated carbocycles. The van der Waals surface area contributed by atoms with Crippen LogP contribution in [0.2, 0.25) is 5.02 Å². The number of halogens is 1. The first-order valence-corrected chi connectivity index (χ1v) is 14.7. The molecule has 220 valence electrons. The third kappa shape index (κ3) is 9.39. The number of carbonyl (C=O) groups is 3. The summed E-state index contributed by atoms with van der Waals surface area (Å²) in [6.45, 7) is 2.44. The van der Waals surface area contributed by atoms with Crippen molar-refractivity contribution >= 4 is 58.5 Å². The molecule has 3 amide bonds. The van der Waals surface area contributed by atoms with Gasteiger partial charge in [0.2, 0.25) is 5.91 Å². The summed E-state index contributed by atoms with van der Waals surface area (Å²) in [7, 11) is 1.52. The van der Waals surface area contributed by atoms with Gasteiger partial charge in [-0.3, -0.25) is 14.4 Å². The van der Waals surface area contributed by atoms with E-state index in [1.165, 1.54) is 18.9 Å². The molecule has 0 bridgehead atoms. The van der Waals surface area contributed by atoms with E-state index in [2.05, 4.69) is 16.0 Å². The largest absolute Gasteiger partial charge is 0.495 e. The fourth-order valence-corrected chi connectivity index (χ4v) is 4.90. The molecule has 10 heteroatoms. The lowest BCUT2D eigenvalue weighted by Gasteiger charge is -2.12. The van der Waals surface area contributed by atoms with Crippen molar-refractivity contribution in [2.24, 2.45) is 0 Å². The van der Waals surface area contributed by atoms with Crippen molar-refractivity contribution in [3.05, 3.63) is 119 Å². The topological polar surface area (TPSA) is 106 Å². The molecule has 0 fully saturated rings. The summed E-state index contributed by atoms with van der Waals surface area (Å²) in [5.41, 5.74) is 2.25. The van der Waals surface area contributed by atoms with Gasteiger partial charge in [-0.15, -0.1) is 11.8 Å². The van der Waals surface area contributed by atoms with Crippen molar-refractivity contribution in [1.82, 2.24) is 5.32 Å². The van der Waals surface area contributed by atoms with Gasteiger partial charge in [0.05, 0.1) is 24.5 Å². The van der Waals surface area contributed by atoms with Crippen molar-refractivity contribution in [1.29, 1.82) is 0 Å². The number of carbonyl (C=O) groups excluding carboxylic acids is 3. The Morgan fingerprint density at radius 1 is 0.860 bits per heavy atom. The van der Waals surface area contributed by atoms with E-state index in [0.717, 1.165) is 4.90 Å². The first-order chi connectivity index (χ1) is 20.8. The minimum atomic E-state index is -0.505. The molecular formula is C33H30ClN3O5S. The standard InChI is InChI=1S/C33H30ClN3O5S/c1-3-42-26-15-12-22(13-16-26)18-29(37-32(39)23-8-5-4-6-9-23)33(40)36-24-10-7-11-27(19-24)43-21-31(38)35-25-14-17-30(41-2)28(34)20-25/h4-20H,3,21H2,1-2H3,(H,35,38)(H,36,40)(H,37,39)/b29-18+. The second kappa shape index (κ2) is 15.5. The van der Waals surface area contributed by atoms with E-state index in [1.54, 1.807) is 91.0 Å². The normalized spacial score (nSPS) is 10.9. The molecule has 0 spiro atoms. The van der Waals surface area contributed by atoms with E-state index in [9.17, 15) is 14.4 Å². The molecule has 8 nitrogen and oxygen atoms in total. The van der Waals surface area contributed by atoms with Gasteiger partial charge in [0, 0.05) is 21.8 Å². The Balaban J connectivity index is 1.44. The van der Waals surface area contributed by atoms with Crippen molar-refractivity contribution < 1.29 is 23.9 Å². The number of methoxy groups -OCH3 is 1. The van der Waals surface area contributed by atoms with Gasteiger partial charge in [0.25, 0.3) is 11.8 Å². The molecule has 0 aliphatic rings. The lowest BCUT2D eigenvalue weighted by atomic mass is 10.1. The molecule has 4 aromatic rings. The van der Waals surface area contributed by atoms with Crippen molar-refractivity contribution in [2.75, 3.05) is 30.1 Å². The number of anilines is 2. The number of hydrogen-bond donors (Lipinski definition) is 3. The number of hydrogen-bond acceptors (Lipinski definition) is 6. The van der Waals surface area contributed by atoms with E-state index < -0.39 is 11.8 Å². The van der Waals surface area contributed by atoms with E-state index in [-0.39, 0.29) is 17.4 Å². The quantitative estimate of drug-likeness (QED) is 0.118. The number of ether oxygens (including phenoxy) is 2. The summed E-state index contributed by atoms with van der Waals surface area (Å²) in [6, 6.07) is 27.9. The van der Waals surface area contributed by atoms with Gasteiger partial charge in [-0.2, -0.15) is 0 Å². The summed E-state index contributed by atoms with van der Waals surface area (Å²) < 4.78 is 10.6. The molecule has 0 aliphatic carbocycles. The minimum Gasteiger partial charge on any atom is -0.495 e. The summed E-state index contributed by atoms with van der Waals surface area (Å²) in [6.07, 6.45) is 1.60. The van der Waals surface area contributed by atoms with Crippen LogP contribution in [-0.4, -0.2) is 37.2 Å². The summed E-state index contributed by atoms with van der Waals surface area (Å²) in [5.74, 6) is 0.220. The lowest BCUT2D eigenvalue weighted by Crippen LogP contribution is -2.30. The Morgan fingerprint density at radius 3 is 2.30 bits per heavy atom. The summed E-state index contributed by atoms with van der Waals surface area (Å²) in [4.78, 5) is 39.6. The average Bonchev–Trinajstić information content (AvgIpc) is 3.01. The van der Waals surface area contributed by atoms with Crippen LogP contribution in [-0.2, 0) is 9.59 Å². The Morgan fingerprint density at radius 2 is 1.60 bits per heavy atom. The highest BCUT2D eigenvalue weighted by molar-refractivity contribution is 8.00. The van der Waals surface area contributed by atoms with Crippen LogP contribution in [0, 0.1) is 0 Å². The Kier molecular flexibility index (Phi) is 11.2. The number of benzene rings is 4. The molecular weight excluding hydrogens is 586 g/mol. The number of amides is 3. The molecule has 3 N–H and O–H groups in total. The van der Waals surface area contributed by atoms with Gasteiger partial charge < -0.3 is 25.4 Å². The first kappa shape index (κ1) is 31.2. The van der Waals surface area contributed by atoms with Crippen molar-refractivity contribution in [2.45, 2.75) is 11.8 Å². The zero-order valence-electron chi connectivity index (χ0n) is 23.6. The minimum absolute atomic E-state index is 0.0635. The maximum Gasteiger partial charge on any atom is 0.272 e. The molecule has 0 unspecified atom stereocenters. The molecule has 0 atom stereocenters. The number of thioether (sulfide) groups is 1. The van der Waals surface area contributed by atoms with E-state index >= 15 is 0 Å². The molecule has 43 heavy (non-hydrogen) atoms. The van der Waals surface area contributed by atoms with Crippen LogP contribution in [0.3, 0.4) is 0 Å². The van der Waals surface area contributed by atoms with Crippen LogP contribution in [0.15, 0.2) is 108 Å². The SMILES string of the molecule is CCOc1ccc(/C=C(/NC(=O)c2ccccc2)C(=O)Nc2cccc(SCC(=O)Nc3ccc(OC)c(Cl)c3)c2)cc1. The Hall–Kier alpha value is -4.73. The van der Waals surface area contributed by atoms with Crippen molar-refractivity contribution in [3.63, 3.8) is 0 Å². The highest BCUT2D eigenvalue weighted by Gasteiger charge is 2.16. The Bertz CT molecular complexity index is 1610. The summed E-state index contributed by atoms with van der Waals surface area (Å²) in [5, 5.41) is 8.78. The molecule has 0 aromatic heterocycles. The fourth-order valence-electron chi connectivity index (χ4n) is 3.89. The smallest absolute Gasteiger partial charge is 0.272 e. The highest BCUT2D eigenvalue weighted by atomic mass is 35.5. The lowest BCUT2D eigenvalue weighted by molar-refractivity contribution is -0.114. The molecule has 4 rings (SSSR count). The third-order valence-corrected chi connectivity index (χ3v) is 7.22. The molecule has 0 aliphatic heterocycles. The summed E-state index contributed by atoms with van der Waals surface area (Å²) >= 11 is 7.45. The van der Waals surface area contributed by atoms with E-state index in [0.29, 0.717) is 45.6 Å². The number of nitrogens with one attached hydrogen (secondary N) is 3. The van der Waals surface area contributed by atoms with Gasteiger partial charge in [0.1, 0.15) is 17.2 Å². The van der Waals surface area contributed by atoms with Gasteiger partial charge in [0.15, 0.2) is 0 Å². The van der Waals surface area contributed by atoms with E-state index in [4.69, 9.17) is 21.1 Å². The van der Waals surface area contributed by atoms with Crippen LogP contribution < -0.4 is 25.4 Å². The predicted octanol–water partition coefficient (Wildman–Crippen LogP) is 6.89. The predicted molar refractivity (Wildman–Crippen MR) is 172 cm³/mol. The van der Waals surface area contributed by atoms with Crippen LogP contribution in [0.25, 0.3) is 6.08 Å². The first-order valence-electron chi connectivity index (χ1n) is 13.3. The van der Waals surface area contributed by atoms with Gasteiger partial charge in [-0.25, -0.2) is 0 Å². The van der Waals surface area contributed by atoms with Crippen LogP contribution in [0.5, 0.6) is 11.5 Å². The van der Waals surface area contributed by atoms with Crippen LogP contribution in [0.1, 0.15) is 22.8 Å². The van der Waals surface area contributed by atoms with Gasteiger partial charge in [-0.1, -0.05) is 48.0 Å². The van der Waals surface area contributed by atoms with Crippen LogP contribution >= 0.6 is 23.4 Å². The third-order valence-electron chi connectivity index (χ3n) is 5.93. The molecule has 0 saturated heterocycles. The Labute approximate surface area is 259 Å². The maximum atomic E-state index is 13.4. The maximum absolute atomic E-state index is 13.4. The molecule has 4 aromatic carbocycles. The van der Waals surface area contributed by atoms with E-state index in [1.807, 2.05) is 19.1 Å². The van der Waals surface area contributed by atoms with Gasteiger partial charge >= 0.3 is 0 Å². The van der Waals surface area contributed by atoms with Gasteiger partial charge in [-0.05, 0) is 79.2 Å². The van der Waals surface area contributed by atoms with Crippen LogP contribution in [0.4, 0.5) is 11.4 Å². The monoisotopic (exact) mass is 615 g/mol. The molecule has 0 heterocycles. The number of rotatable bonds is 12. The highest BCUT2D eigenvalue weighted by Crippen LogP contribution is 2.28. The second-order valence-corrected chi connectivity index (χ2v) is 10.5. The fraction of sp³-hybridized carbons (Fsp3) is 0.121. The molecule has 0 radical (unpaired) electrons. The second-order valence-electron chi connectivity index (χ2n) is 9.05.